The van der Waals surface area contributed by atoms with Crippen molar-refractivity contribution in [3.63, 3.8) is 0 Å². The zero-order valence-electron chi connectivity index (χ0n) is 14.9. The zero-order chi connectivity index (χ0) is 20.9. The van der Waals surface area contributed by atoms with Crippen molar-refractivity contribution in [3.8, 4) is 5.75 Å². The molecule has 3 rings (SSSR count). The lowest BCUT2D eigenvalue weighted by Gasteiger charge is -2.10. The minimum atomic E-state index is -4.78. The second-order valence-corrected chi connectivity index (χ2v) is 7.22. The van der Waals surface area contributed by atoms with Gasteiger partial charge in [-0.2, -0.15) is 0 Å². The maximum Gasteiger partial charge on any atom is 0.573 e. The Morgan fingerprint density at radius 2 is 1.83 bits per heavy atom. The van der Waals surface area contributed by atoms with Crippen molar-refractivity contribution in [3.05, 3.63) is 60.2 Å². The smallest absolute Gasteiger partial charge is 0.406 e. The van der Waals surface area contributed by atoms with Gasteiger partial charge in [-0.3, -0.25) is 14.6 Å². The third-order valence-electron chi connectivity index (χ3n) is 3.77. The molecule has 0 bridgehead atoms. The van der Waals surface area contributed by atoms with E-state index in [1.54, 1.807) is 0 Å². The van der Waals surface area contributed by atoms with Crippen molar-refractivity contribution in [2.24, 2.45) is 4.99 Å². The SMILES string of the molecule is O=C(CC1SC(=NCc2ccccc2)NC1=O)Nc1ccc(OC(F)(F)F)cc1. The van der Waals surface area contributed by atoms with Gasteiger partial charge in [0, 0.05) is 12.1 Å². The predicted octanol–water partition coefficient (Wildman–Crippen LogP) is 3.70. The fraction of sp³-hybridized carbons (Fsp3) is 0.211. The van der Waals surface area contributed by atoms with Crippen molar-refractivity contribution in [1.29, 1.82) is 0 Å². The van der Waals surface area contributed by atoms with Gasteiger partial charge in [-0.15, -0.1) is 13.2 Å². The Kier molecular flexibility index (Phi) is 6.42. The number of hydrogen-bond donors (Lipinski definition) is 2. The summed E-state index contributed by atoms with van der Waals surface area (Å²) in [6.45, 7) is 0.411. The minimum Gasteiger partial charge on any atom is -0.406 e. The molecule has 0 spiro atoms. The molecular weight excluding hydrogens is 407 g/mol. The molecule has 1 aliphatic heterocycles. The molecule has 0 saturated carbocycles. The summed E-state index contributed by atoms with van der Waals surface area (Å²) in [5.41, 5.74) is 1.29. The number of carbonyl (C=O) groups excluding carboxylic acids is 2. The molecule has 1 saturated heterocycles. The van der Waals surface area contributed by atoms with Gasteiger partial charge in [0.25, 0.3) is 0 Å². The van der Waals surface area contributed by atoms with Crippen LogP contribution in [-0.2, 0) is 16.1 Å². The molecule has 1 aliphatic rings. The molecule has 0 aliphatic carbocycles. The second kappa shape index (κ2) is 8.99. The molecule has 2 aromatic carbocycles. The van der Waals surface area contributed by atoms with Crippen LogP contribution in [-0.4, -0.2) is 28.6 Å². The van der Waals surface area contributed by atoms with Gasteiger partial charge >= 0.3 is 6.36 Å². The summed E-state index contributed by atoms with van der Waals surface area (Å²) in [5.74, 6) is -1.14. The fourth-order valence-corrected chi connectivity index (χ4v) is 3.45. The number of benzene rings is 2. The number of hydrogen-bond acceptors (Lipinski definition) is 5. The molecule has 2 aromatic rings. The van der Waals surface area contributed by atoms with Crippen molar-refractivity contribution in [1.82, 2.24) is 5.32 Å². The number of alkyl halides is 3. The van der Waals surface area contributed by atoms with Crippen molar-refractivity contribution in [2.45, 2.75) is 24.6 Å². The lowest BCUT2D eigenvalue weighted by atomic mass is 10.2. The summed E-state index contributed by atoms with van der Waals surface area (Å²) in [7, 11) is 0. The Morgan fingerprint density at radius 3 is 2.48 bits per heavy atom. The van der Waals surface area contributed by atoms with Crippen LogP contribution in [0, 0.1) is 0 Å². The number of nitrogens with one attached hydrogen (secondary N) is 2. The summed E-state index contributed by atoms with van der Waals surface area (Å²) in [6, 6.07) is 14.3. The van der Waals surface area contributed by atoms with E-state index in [1.807, 2.05) is 30.3 Å². The first kappa shape index (κ1) is 20.7. The number of rotatable bonds is 6. The molecular formula is C19H16F3N3O3S. The van der Waals surface area contributed by atoms with E-state index in [2.05, 4.69) is 20.4 Å². The first-order valence-corrected chi connectivity index (χ1v) is 9.38. The number of nitrogens with zero attached hydrogens (tertiary/aromatic N) is 1. The maximum absolute atomic E-state index is 12.2. The molecule has 2 N–H and O–H groups in total. The van der Waals surface area contributed by atoms with E-state index in [9.17, 15) is 22.8 Å². The Morgan fingerprint density at radius 1 is 1.14 bits per heavy atom. The molecule has 152 valence electrons. The highest BCUT2D eigenvalue weighted by Crippen LogP contribution is 2.25. The number of amidine groups is 1. The van der Waals surface area contributed by atoms with Gasteiger partial charge in [0.15, 0.2) is 5.17 Å². The highest BCUT2D eigenvalue weighted by molar-refractivity contribution is 8.15. The van der Waals surface area contributed by atoms with Gasteiger partial charge in [0.2, 0.25) is 11.8 Å². The van der Waals surface area contributed by atoms with Crippen LogP contribution >= 0.6 is 11.8 Å². The van der Waals surface area contributed by atoms with Crippen molar-refractivity contribution in [2.75, 3.05) is 5.32 Å². The first-order chi connectivity index (χ1) is 13.8. The van der Waals surface area contributed by atoms with Gasteiger partial charge < -0.3 is 15.4 Å². The van der Waals surface area contributed by atoms with E-state index >= 15 is 0 Å². The normalized spacial score (nSPS) is 17.8. The Hall–Kier alpha value is -3.01. The van der Waals surface area contributed by atoms with Gasteiger partial charge in [-0.05, 0) is 29.8 Å². The fourth-order valence-electron chi connectivity index (χ4n) is 2.48. The topological polar surface area (TPSA) is 79.8 Å². The number of halogens is 3. The third-order valence-corrected chi connectivity index (χ3v) is 4.89. The summed E-state index contributed by atoms with van der Waals surface area (Å²) in [5, 5.41) is 5.01. The summed E-state index contributed by atoms with van der Waals surface area (Å²) >= 11 is 1.17. The highest BCUT2D eigenvalue weighted by atomic mass is 32.2. The van der Waals surface area contributed by atoms with E-state index < -0.39 is 17.5 Å². The van der Waals surface area contributed by atoms with Gasteiger partial charge in [-0.1, -0.05) is 42.1 Å². The molecule has 29 heavy (non-hydrogen) atoms. The Bertz CT molecular complexity index is 902. The highest BCUT2D eigenvalue weighted by Gasteiger charge is 2.32. The van der Waals surface area contributed by atoms with Gasteiger partial charge in [0.05, 0.1) is 6.54 Å². The molecule has 1 heterocycles. The number of thioether (sulfide) groups is 1. The molecule has 0 aromatic heterocycles. The number of amides is 2. The van der Waals surface area contributed by atoms with E-state index in [1.165, 1.54) is 23.9 Å². The number of ether oxygens (including phenoxy) is 1. The van der Waals surface area contributed by atoms with Crippen LogP contribution in [0.5, 0.6) is 5.75 Å². The van der Waals surface area contributed by atoms with Crippen molar-refractivity contribution >= 4 is 34.4 Å². The molecule has 2 amide bonds. The Balaban J connectivity index is 1.51. The maximum atomic E-state index is 12.2. The van der Waals surface area contributed by atoms with E-state index in [4.69, 9.17) is 0 Å². The van der Waals surface area contributed by atoms with Crippen LogP contribution in [0.2, 0.25) is 0 Å². The van der Waals surface area contributed by atoms with Crippen LogP contribution < -0.4 is 15.4 Å². The van der Waals surface area contributed by atoms with E-state index in [-0.39, 0.29) is 18.1 Å². The average Bonchev–Trinajstić information content (AvgIpc) is 3.01. The summed E-state index contributed by atoms with van der Waals surface area (Å²) in [4.78, 5) is 28.5. The van der Waals surface area contributed by atoms with Crippen LogP contribution in [0.1, 0.15) is 12.0 Å². The molecule has 1 unspecified atom stereocenters. The number of aliphatic imine (C=N–C) groups is 1. The van der Waals surface area contributed by atoms with E-state index in [0.717, 1.165) is 17.7 Å². The first-order valence-electron chi connectivity index (χ1n) is 8.50. The van der Waals surface area contributed by atoms with Crippen LogP contribution in [0.4, 0.5) is 18.9 Å². The van der Waals surface area contributed by atoms with Crippen LogP contribution in [0.25, 0.3) is 0 Å². The summed E-state index contributed by atoms with van der Waals surface area (Å²) < 4.78 is 40.2. The standard InChI is InChI=1S/C19H16F3N3O3S/c20-19(21,22)28-14-8-6-13(7-9-14)24-16(26)10-15-17(27)25-18(29-15)23-11-12-4-2-1-3-5-12/h1-9,15H,10-11H2,(H,24,26)(H,23,25,27). The number of carbonyl (C=O) groups is 2. The predicted molar refractivity (Wildman–Crippen MR) is 103 cm³/mol. The van der Waals surface area contributed by atoms with Gasteiger partial charge in [0.1, 0.15) is 11.0 Å². The number of anilines is 1. The lowest BCUT2D eigenvalue weighted by molar-refractivity contribution is -0.274. The molecule has 1 fully saturated rings. The average molecular weight is 423 g/mol. The largest absolute Gasteiger partial charge is 0.573 e. The minimum absolute atomic E-state index is 0.0956. The second-order valence-electron chi connectivity index (χ2n) is 6.03. The van der Waals surface area contributed by atoms with Crippen molar-refractivity contribution < 1.29 is 27.5 Å². The quantitative estimate of drug-likeness (QED) is 0.743. The van der Waals surface area contributed by atoms with Crippen LogP contribution in [0.3, 0.4) is 0 Å². The molecule has 10 heteroatoms. The monoisotopic (exact) mass is 423 g/mol. The summed E-state index contributed by atoms with van der Waals surface area (Å²) in [6.07, 6.45) is -4.88. The Labute approximate surface area is 168 Å². The van der Waals surface area contributed by atoms with E-state index in [0.29, 0.717) is 17.4 Å². The third kappa shape index (κ3) is 6.53. The zero-order valence-corrected chi connectivity index (χ0v) is 15.7. The van der Waals surface area contributed by atoms with Crippen LogP contribution in [0.15, 0.2) is 59.6 Å². The lowest BCUT2D eigenvalue weighted by Crippen LogP contribution is -2.28. The molecule has 1 atom stereocenters. The van der Waals surface area contributed by atoms with Gasteiger partial charge in [-0.25, -0.2) is 0 Å². The molecule has 6 nitrogen and oxygen atoms in total. The molecule has 0 radical (unpaired) electrons.